The quantitative estimate of drug-likeness (QED) is 0.502. The number of carbonyl (C=O) groups is 1. The Bertz CT molecular complexity index is 462. The molecule has 0 aliphatic rings. The normalized spacial score (nSPS) is 14.0. The third-order valence-corrected chi connectivity index (χ3v) is 5.52. The summed E-state index contributed by atoms with van der Waals surface area (Å²) in [6, 6.07) is 5.68. The lowest BCUT2D eigenvalue weighted by atomic mass is 9.95. The predicted molar refractivity (Wildman–Crippen MR) is 95.6 cm³/mol. The second-order valence-electron chi connectivity index (χ2n) is 5.33. The van der Waals surface area contributed by atoms with Crippen LogP contribution in [-0.2, 0) is 4.79 Å². The molecule has 1 rings (SSSR count). The highest BCUT2D eigenvalue weighted by Gasteiger charge is 2.20. The lowest BCUT2D eigenvalue weighted by molar-refractivity contribution is -0.122. The van der Waals surface area contributed by atoms with Gasteiger partial charge in [-0.25, -0.2) is 0 Å². The van der Waals surface area contributed by atoms with Crippen molar-refractivity contribution >= 4 is 40.7 Å². The maximum Gasteiger partial charge on any atom is 0.137 e. The van der Waals surface area contributed by atoms with E-state index < -0.39 is 0 Å². The topological polar surface area (TPSA) is 17.1 Å². The van der Waals surface area contributed by atoms with Gasteiger partial charge in [-0.05, 0) is 29.9 Å². The number of ketones is 1. The Labute approximate surface area is 142 Å². The molecule has 21 heavy (non-hydrogen) atoms. The van der Waals surface area contributed by atoms with Crippen LogP contribution >= 0.6 is 35.0 Å². The molecule has 118 valence electrons. The number of Topliss-reactive ketones (excluding diaryl/α,β-unsaturated/α-hetero) is 1. The molecule has 0 fully saturated rings. The standard InChI is InChI=1S/C17H24Cl2OS/c1-4-6-7-12(3)16(20)11-17(21-5-2)13-8-9-14(18)15(19)10-13/h8-10,12,17H,4-7,11H2,1-3H3/t12-,17-/m0/s1. The molecule has 0 N–H and O–H groups in total. The second-order valence-corrected chi connectivity index (χ2v) is 7.63. The van der Waals surface area contributed by atoms with E-state index in [9.17, 15) is 4.79 Å². The molecule has 0 aliphatic carbocycles. The molecule has 4 heteroatoms. The Morgan fingerprint density at radius 1 is 1.24 bits per heavy atom. The van der Waals surface area contributed by atoms with Crippen LogP contribution < -0.4 is 0 Å². The van der Waals surface area contributed by atoms with Crippen LogP contribution in [0.25, 0.3) is 0 Å². The molecular formula is C17H24Cl2OS. The van der Waals surface area contributed by atoms with Crippen molar-refractivity contribution in [1.82, 2.24) is 0 Å². The van der Waals surface area contributed by atoms with Crippen LogP contribution in [0.1, 0.15) is 57.3 Å². The molecule has 0 saturated heterocycles. The molecule has 2 atom stereocenters. The molecule has 0 aliphatic heterocycles. The van der Waals surface area contributed by atoms with Crippen LogP contribution in [0.5, 0.6) is 0 Å². The van der Waals surface area contributed by atoms with E-state index in [0.717, 1.165) is 30.6 Å². The number of halogens is 2. The van der Waals surface area contributed by atoms with Crippen molar-refractivity contribution in [3.63, 3.8) is 0 Å². The van der Waals surface area contributed by atoms with Gasteiger partial charge in [-0.3, -0.25) is 4.79 Å². The van der Waals surface area contributed by atoms with E-state index in [4.69, 9.17) is 23.2 Å². The van der Waals surface area contributed by atoms with Gasteiger partial charge >= 0.3 is 0 Å². The number of thioether (sulfide) groups is 1. The van der Waals surface area contributed by atoms with Gasteiger partial charge in [0.15, 0.2) is 0 Å². The first-order valence-corrected chi connectivity index (χ1v) is 9.39. The maximum atomic E-state index is 12.4. The molecular weight excluding hydrogens is 323 g/mol. The van der Waals surface area contributed by atoms with Crippen LogP contribution in [0, 0.1) is 5.92 Å². The van der Waals surface area contributed by atoms with E-state index in [-0.39, 0.29) is 11.2 Å². The van der Waals surface area contributed by atoms with Crippen molar-refractivity contribution in [2.45, 2.75) is 51.7 Å². The van der Waals surface area contributed by atoms with Crippen LogP contribution in [0.4, 0.5) is 0 Å². The Hall–Kier alpha value is -0.180. The van der Waals surface area contributed by atoms with Gasteiger partial charge in [0, 0.05) is 17.6 Å². The zero-order chi connectivity index (χ0) is 15.8. The Morgan fingerprint density at radius 2 is 1.95 bits per heavy atom. The monoisotopic (exact) mass is 346 g/mol. The number of rotatable bonds is 9. The summed E-state index contributed by atoms with van der Waals surface area (Å²) in [6.07, 6.45) is 3.81. The average molecular weight is 347 g/mol. The third kappa shape index (κ3) is 6.22. The van der Waals surface area contributed by atoms with Crippen molar-refractivity contribution in [3.8, 4) is 0 Å². The molecule has 0 unspecified atom stereocenters. The third-order valence-electron chi connectivity index (χ3n) is 3.61. The lowest BCUT2D eigenvalue weighted by Crippen LogP contribution is -2.14. The van der Waals surface area contributed by atoms with Gasteiger partial charge in [-0.15, -0.1) is 0 Å². The van der Waals surface area contributed by atoms with Gasteiger partial charge in [0.2, 0.25) is 0 Å². The largest absolute Gasteiger partial charge is 0.299 e. The van der Waals surface area contributed by atoms with Crippen LogP contribution in [-0.4, -0.2) is 11.5 Å². The zero-order valence-corrected chi connectivity index (χ0v) is 15.3. The zero-order valence-electron chi connectivity index (χ0n) is 13.0. The van der Waals surface area contributed by atoms with Gasteiger partial charge in [0.25, 0.3) is 0 Å². The molecule has 0 bridgehead atoms. The van der Waals surface area contributed by atoms with Crippen molar-refractivity contribution in [1.29, 1.82) is 0 Å². The molecule has 0 amide bonds. The van der Waals surface area contributed by atoms with E-state index in [2.05, 4.69) is 13.8 Å². The highest BCUT2D eigenvalue weighted by molar-refractivity contribution is 7.99. The summed E-state index contributed by atoms with van der Waals surface area (Å²) in [5.41, 5.74) is 1.09. The number of hydrogen-bond donors (Lipinski definition) is 0. The van der Waals surface area contributed by atoms with Gasteiger partial charge in [0.1, 0.15) is 5.78 Å². The summed E-state index contributed by atoms with van der Waals surface area (Å²) in [5, 5.41) is 1.28. The summed E-state index contributed by atoms with van der Waals surface area (Å²) in [7, 11) is 0. The first kappa shape index (κ1) is 18.9. The maximum absolute atomic E-state index is 12.4. The second kappa shape index (κ2) is 9.76. The molecule has 0 spiro atoms. The lowest BCUT2D eigenvalue weighted by Gasteiger charge is -2.18. The van der Waals surface area contributed by atoms with Gasteiger partial charge in [-0.1, -0.05) is 62.9 Å². The van der Waals surface area contributed by atoms with E-state index in [1.54, 1.807) is 11.8 Å². The van der Waals surface area contributed by atoms with Crippen LogP contribution in [0.2, 0.25) is 10.0 Å². The fourth-order valence-electron chi connectivity index (χ4n) is 2.24. The van der Waals surface area contributed by atoms with Gasteiger partial charge < -0.3 is 0 Å². The number of benzene rings is 1. The first-order valence-electron chi connectivity index (χ1n) is 7.58. The molecule has 0 radical (unpaired) electrons. The molecule has 0 heterocycles. The molecule has 0 saturated carbocycles. The summed E-state index contributed by atoms with van der Waals surface area (Å²) < 4.78 is 0. The number of unbranched alkanes of at least 4 members (excludes halogenated alkanes) is 1. The SMILES string of the molecule is CCCC[C@H](C)C(=O)C[C@H](SCC)c1ccc(Cl)c(Cl)c1. The molecule has 1 aromatic carbocycles. The minimum atomic E-state index is 0.146. The molecule has 1 aromatic rings. The minimum Gasteiger partial charge on any atom is -0.299 e. The summed E-state index contributed by atoms with van der Waals surface area (Å²) >= 11 is 13.9. The van der Waals surface area contributed by atoms with E-state index in [1.165, 1.54) is 0 Å². The smallest absolute Gasteiger partial charge is 0.137 e. The van der Waals surface area contributed by atoms with Crippen molar-refractivity contribution < 1.29 is 4.79 Å². The summed E-state index contributed by atoms with van der Waals surface area (Å²) in [6.45, 7) is 6.31. The Kier molecular flexibility index (Phi) is 8.77. The van der Waals surface area contributed by atoms with Crippen molar-refractivity contribution in [2.24, 2.45) is 5.92 Å². The average Bonchev–Trinajstić information content (AvgIpc) is 2.47. The Balaban J connectivity index is 2.77. The highest BCUT2D eigenvalue weighted by atomic mass is 35.5. The summed E-state index contributed by atoms with van der Waals surface area (Å²) in [5.74, 6) is 1.47. The van der Waals surface area contributed by atoms with Gasteiger partial charge in [0.05, 0.1) is 10.0 Å². The van der Waals surface area contributed by atoms with Crippen LogP contribution in [0.15, 0.2) is 18.2 Å². The number of carbonyl (C=O) groups excluding carboxylic acids is 1. The van der Waals surface area contributed by atoms with Crippen molar-refractivity contribution in [3.05, 3.63) is 33.8 Å². The fraction of sp³-hybridized carbons (Fsp3) is 0.588. The molecule has 1 nitrogen and oxygen atoms in total. The van der Waals surface area contributed by atoms with E-state index in [0.29, 0.717) is 22.2 Å². The minimum absolute atomic E-state index is 0.146. The highest BCUT2D eigenvalue weighted by Crippen LogP contribution is 2.36. The van der Waals surface area contributed by atoms with E-state index in [1.807, 2.05) is 25.1 Å². The van der Waals surface area contributed by atoms with Crippen molar-refractivity contribution in [2.75, 3.05) is 5.75 Å². The predicted octanol–water partition coefficient (Wildman–Crippen LogP) is 6.57. The summed E-state index contributed by atoms with van der Waals surface area (Å²) in [4.78, 5) is 12.4. The molecule has 0 aromatic heterocycles. The number of hydrogen-bond acceptors (Lipinski definition) is 2. The Morgan fingerprint density at radius 3 is 2.52 bits per heavy atom. The van der Waals surface area contributed by atoms with Gasteiger partial charge in [-0.2, -0.15) is 11.8 Å². The van der Waals surface area contributed by atoms with Crippen LogP contribution in [0.3, 0.4) is 0 Å². The van der Waals surface area contributed by atoms with E-state index >= 15 is 0 Å². The fourth-order valence-corrected chi connectivity index (χ4v) is 3.57. The first-order chi connectivity index (χ1) is 9.99.